The lowest BCUT2D eigenvalue weighted by molar-refractivity contribution is -0.118. The summed E-state index contributed by atoms with van der Waals surface area (Å²) >= 11 is 3.00. The van der Waals surface area contributed by atoms with E-state index in [1.54, 1.807) is 11.3 Å². The molecule has 0 fully saturated rings. The van der Waals surface area contributed by atoms with Crippen molar-refractivity contribution in [3.05, 3.63) is 28.2 Å². The Morgan fingerprint density at radius 2 is 2.53 bits per heavy atom. The van der Waals surface area contributed by atoms with Crippen molar-refractivity contribution in [3.8, 4) is 0 Å². The molecular formula is C10H12N4OS2. The predicted octanol–water partition coefficient (Wildman–Crippen LogP) is 1.58. The summed E-state index contributed by atoms with van der Waals surface area (Å²) in [6, 6.07) is 2.05. The molecule has 0 atom stereocenters. The molecular weight excluding hydrogens is 256 g/mol. The molecule has 0 aliphatic heterocycles. The van der Waals surface area contributed by atoms with Crippen molar-refractivity contribution < 1.29 is 4.79 Å². The highest BCUT2D eigenvalue weighted by atomic mass is 32.2. The summed E-state index contributed by atoms with van der Waals surface area (Å²) < 4.78 is 0. The molecule has 0 radical (unpaired) electrons. The van der Waals surface area contributed by atoms with Gasteiger partial charge in [0.15, 0.2) is 5.16 Å². The van der Waals surface area contributed by atoms with Crippen LogP contribution in [0.5, 0.6) is 0 Å². The van der Waals surface area contributed by atoms with Crippen molar-refractivity contribution in [2.24, 2.45) is 0 Å². The van der Waals surface area contributed by atoms with Crippen LogP contribution in [0.4, 0.5) is 0 Å². The van der Waals surface area contributed by atoms with E-state index in [1.807, 2.05) is 12.3 Å². The monoisotopic (exact) mass is 268 g/mol. The first-order chi connectivity index (χ1) is 8.25. The van der Waals surface area contributed by atoms with Gasteiger partial charge in [0.1, 0.15) is 6.33 Å². The smallest absolute Gasteiger partial charge is 0.230 e. The minimum Gasteiger partial charge on any atom is -0.350 e. The van der Waals surface area contributed by atoms with Crippen LogP contribution in [-0.2, 0) is 11.3 Å². The van der Waals surface area contributed by atoms with Gasteiger partial charge < -0.3 is 5.32 Å². The molecule has 0 saturated heterocycles. The Kier molecular flexibility index (Phi) is 4.16. The summed E-state index contributed by atoms with van der Waals surface area (Å²) in [6.07, 6.45) is 1.43. The zero-order valence-electron chi connectivity index (χ0n) is 9.27. The molecule has 7 heteroatoms. The Balaban J connectivity index is 1.73. The second kappa shape index (κ2) is 5.83. The van der Waals surface area contributed by atoms with Gasteiger partial charge in [0, 0.05) is 4.88 Å². The largest absolute Gasteiger partial charge is 0.350 e. The van der Waals surface area contributed by atoms with Crippen LogP contribution >= 0.6 is 23.1 Å². The maximum absolute atomic E-state index is 11.6. The zero-order valence-corrected chi connectivity index (χ0v) is 10.9. The van der Waals surface area contributed by atoms with E-state index in [9.17, 15) is 4.79 Å². The summed E-state index contributed by atoms with van der Waals surface area (Å²) in [4.78, 5) is 16.7. The molecule has 0 aromatic carbocycles. The molecule has 1 amide bonds. The number of carbonyl (C=O) groups is 1. The fraction of sp³-hybridized carbons (Fsp3) is 0.300. The van der Waals surface area contributed by atoms with Gasteiger partial charge in [0.2, 0.25) is 5.91 Å². The van der Waals surface area contributed by atoms with Crippen LogP contribution < -0.4 is 5.32 Å². The summed E-state index contributed by atoms with van der Waals surface area (Å²) in [6.45, 7) is 2.64. The molecule has 0 spiro atoms. The number of nitrogens with zero attached hydrogens (tertiary/aromatic N) is 2. The van der Waals surface area contributed by atoms with Crippen LogP contribution in [0.15, 0.2) is 22.9 Å². The molecule has 2 aromatic rings. The quantitative estimate of drug-likeness (QED) is 0.808. The highest BCUT2D eigenvalue weighted by Gasteiger charge is 2.06. The molecule has 0 aliphatic rings. The van der Waals surface area contributed by atoms with Crippen molar-refractivity contribution in [2.45, 2.75) is 18.6 Å². The van der Waals surface area contributed by atoms with E-state index >= 15 is 0 Å². The summed E-state index contributed by atoms with van der Waals surface area (Å²) in [7, 11) is 0. The molecule has 2 aromatic heterocycles. The number of aryl methyl sites for hydroxylation is 1. The fourth-order valence-electron chi connectivity index (χ4n) is 1.21. The van der Waals surface area contributed by atoms with E-state index in [4.69, 9.17) is 0 Å². The van der Waals surface area contributed by atoms with Crippen molar-refractivity contribution in [3.63, 3.8) is 0 Å². The average molecular weight is 268 g/mol. The maximum atomic E-state index is 11.6. The zero-order chi connectivity index (χ0) is 12.1. The number of nitrogens with one attached hydrogen (secondary N) is 2. The van der Waals surface area contributed by atoms with Crippen molar-refractivity contribution in [1.82, 2.24) is 20.5 Å². The van der Waals surface area contributed by atoms with Gasteiger partial charge in [-0.15, -0.1) is 11.3 Å². The third kappa shape index (κ3) is 3.57. The Bertz CT molecular complexity index is 480. The molecule has 2 rings (SSSR count). The van der Waals surface area contributed by atoms with E-state index in [0.29, 0.717) is 17.5 Å². The SMILES string of the molecule is Cc1ccsc1CNC(=O)CSc1ncn[nH]1. The molecule has 2 N–H and O–H groups in total. The Hall–Kier alpha value is -1.34. The molecule has 0 unspecified atom stereocenters. The highest BCUT2D eigenvalue weighted by Crippen LogP contribution is 2.15. The Morgan fingerprint density at radius 1 is 1.65 bits per heavy atom. The van der Waals surface area contributed by atoms with Crippen LogP contribution in [0.3, 0.4) is 0 Å². The molecule has 2 heterocycles. The second-order valence-electron chi connectivity index (χ2n) is 3.38. The Morgan fingerprint density at radius 3 is 3.18 bits per heavy atom. The van der Waals surface area contributed by atoms with Crippen LogP contribution in [0.1, 0.15) is 10.4 Å². The summed E-state index contributed by atoms with van der Waals surface area (Å²) in [5.41, 5.74) is 1.22. The van der Waals surface area contributed by atoms with Gasteiger partial charge in [-0.1, -0.05) is 11.8 Å². The standard InChI is InChI=1S/C10H12N4OS2/c1-7-2-3-16-8(7)4-11-9(15)5-17-10-12-6-13-14-10/h2-3,6H,4-5H2,1H3,(H,11,15)(H,12,13,14). The van der Waals surface area contributed by atoms with Gasteiger partial charge >= 0.3 is 0 Å². The number of thiophene rings is 1. The van der Waals surface area contributed by atoms with Crippen molar-refractivity contribution >= 4 is 29.0 Å². The van der Waals surface area contributed by atoms with Crippen LogP contribution in [-0.4, -0.2) is 26.8 Å². The van der Waals surface area contributed by atoms with E-state index < -0.39 is 0 Å². The molecule has 0 saturated carbocycles. The second-order valence-corrected chi connectivity index (χ2v) is 5.35. The lowest BCUT2D eigenvalue weighted by Gasteiger charge is -2.03. The number of H-pyrrole nitrogens is 1. The van der Waals surface area contributed by atoms with Gasteiger partial charge in [0.25, 0.3) is 0 Å². The summed E-state index contributed by atoms with van der Waals surface area (Å²) in [5.74, 6) is 0.346. The number of aromatic amines is 1. The van der Waals surface area contributed by atoms with Gasteiger partial charge in [-0.25, -0.2) is 4.98 Å². The van der Waals surface area contributed by atoms with Gasteiger partial charge in [0.05, 0.1) is 12.3 Å². The lowest BCUT2D eigenvalue weighted by atomic mass is 10.3. The van der Waals surface area contributed by atoms with Gasteiger partial charge in [-0.3, -0.25) is 9.89 Å². The number of aromatic nitrogens is 3. The molecule has 17 heavy (non-hydrogen) atoms. The summed E-state index contributed by atoms with van der Waals surface area (Å²) in [5, 5.41) is 12.0. The molecule has 0 bridgehead atoms. The number of hydrogen-bond donors (Lipinski definition) is 2. The first-order valence-electron chi connectivity index (χ1n) is 5.03. The normalized spacial score (nSPS) is 10.4. The van der Waals surface area contributed by atoms with E-state index in [2.05, 4.69) is 26.6 Å². The molecule has 0 aliphatic carbocycles. The van der Waals surface area contributed by atoms with E-state index in [1.165, 1.54) is 28.5 Å². The number of thioether (sulfide) groups is 1. The molecule has 90 valence electrons. The number of hydrogen-bond acceptors (Lipinski definition) is 5. The van der Waals surface area contributed by atoms with Gasteiger partial charge in [-0.05, 0) is 23.9 Å². The van der Waals surface area contributed by atoms with Crippen molar-refractivity contribution in [2.75, 3.05) is 5.75 Å². The topological polar surface area (TPSA) is 70.7 Å². The Labute approximate surface area is 107 Å². The van der Waals surface area contributed by atoms with E-state index in [-0.39, 0.29) is 5.91 Å². The van der Waals surface area contributed by atoms with E-state index in [0.717, 1.165) is 0 Å². The number of rotatable bonds is 5. The first-order valence-corrected chi connectivity index (χ1v) is 6.90. The third-order valence-corrected chi connectivity index (χ3v) is 4.05. The highest BCUT2D eigenvalue weighted by molar-refractivity contribution is 7.99. The first kappa shape index (κ1) is 12.1. The fourth-order valence-corrected chi connectivity index (χ4v) is 2.67. The number of amides is 1. The predicted molar refractivity (Wildman–Crippen MR) is 68.0 cm³/mol. The number of carbonyl (C=O) groups excluding carboxylic acids is 1. The van der Waals surface area contributed by atoms with Crippen molar-refractivity contribution in [1.29, 1.82) is 0 Å². The minimum absolute atomic E-state index is 0.000741. The average Bonchev–Trinajstić information content (AvgIpc) is 2.95. The molecule has 5 nitrogen and oxygen atoms in total. The maximum Gasteiger partial charge on any atom is 0.230 e. The van der Waals surface area contributed by atoms with Gasteiger partial charge in [-0.2, -0.15) is 5.10 Å². The lowest BCUT2D eigenvalue weighted by Crippen LogP contribution is -2.24. The van der Waals surface area contributed by atoms with Crippen LogP contribution in [0.25, 0.3) is 0 Å². The third-order valence-electron chi connectivity index (χ3n) is 2.15. The van der Waals surface area contributed by atoms with Crippen LogP contribution in [0, 0.1) is 6.92 Å². The van der Waals surface area contributed by atoms with Crippen LogP contribution in [0.2, 0.25) is 0 Å². The minimum atomic E-state index is -0.000741.